The van der Waals surface area contributed by atoms with Crippen LogP contribution in [0.4, 0.5) is 5.69 Å². The molecule has 0 saturated carbocycles. The van der Waals surface area contributed by atoms with Crippen molar-refractivity contribution in [3.05, 3.63) is 32.6 Å². The van der Waals surface area contributed by atoms with E-state index in [1.165, 1.54) is 11.3 Å². The van der Waals surface area contributed by atoms with Crippen molar-refractivity contribution in [2.75, 3.05) is 7.11 Å². The van der Waals surface area contributed by atoms with Crippen molar-refractivity contribution in [3.63, 3.8) is 0 Å². The zero-order valence-corrected chi connectivity index (χ0v) is 16.5. The van der Waals surface area contributed by atoms with Crippen LogP contribution in [0.2, 0.25) is 0 Å². The SMILES string of the molecule is COc1ccc2c(c1)N=CC2=Cc1sc(=S)n(CCCCCC(=O)O)c1O. The van der Waals surface area contributed by atoms with Gasteiger partial charge in [0, 0.05) is 36.4 Å². The second-order valence-electron chi connectivity index (χ2n) is 6.15. The number of hydrogen-bond acceptors (Lipinski definition) is 6. The Morgan fingerprint density at radius 1 is 1.37 bits per heavy atom. The van der Waals surface area contributed by atoms with Gasteiger partial charge in [0.1, 0.15) is 5.75 Å². The first kappa shape index (κ1) is 19.3. The van der Waals surface area contributed by atoms with Gasteiger partial charge in [-0.1, -0.05) is 6.42 Å². The molecule has 142 valence electrons. The Balaban J connectivity index is 1.74. The number of ether oxygens (including phenoxy) is 1. The molecule has 1 aromatic carbocycles. The molecule has 0 saturated heterocycles. The molecule has 0 atom stereocenters. The van der Waals surface area contributed by atoms with Crippen LogP contribution in [0.5, 0.6) is 11.6 Å². The predicted molar refractivity (Wildman–Crippen MR) is 110 cm³/mol. The standard InChI is InChI=1S/C19H20N2O4S2/c1-25-13-6-7-14-12(11-20-15(14)10-13)9-16-18(24)21(19(26)27-16)8-4-2-3-5-17(22)23/h6-7,9-11,24H,2-5,8H2,1H3,(H,22,23). The molecule has 0 aliphatic carbocycles. The van der Waals surface area contributed by atoms with E-state index in [0.29, 0.717) is 21.8 Å². The number of aliphatic imine (C=N–C) groups is 1. The molecule has 1 aliphatic rings. The van der Waals surface area contributed by atoms with Crippen molar-refractivity contribution in [2.45, 2.75) is 32.2 Å². The maximum atomic E-state index is 10.5. The van der Waals surface area contributed by atoms with E-state index in [0.717, 1.165) is 35.4 Å². The number of benzene rings is 1. The van der Waals surface area contributed by atoms with Crippen LogP contribution < -0.4 is 4.74 Å². The summed E-state index contributed by atoms with van der Waals surface area (Å²) in [6.07, 6.45) is 6.00. The molecule has 0 radical (unpaired) electrons. The summed E-state index contributed by atoms with van der Waals surface area (Å²) in [5.74, 6) is 0.112. The van der Waals surface area contributed by atoms with Gasteiger partial charge in [-0.2, -0.15) is 0 Å². The van der Waals surface area contributed by atoms with Crippen molar-refractivity contribution >= 4 is 53.1 Å². The molecule has 0 unspecified atom stereocenters. The number of carboxylic acid groups (broad SMARTS) is 1. The monoisotopic (exact) mass is 404 g/mol. The van der Waals surface area contributed by atoms with Gasteiger partial charge in [0.25, 0.3) is 0 Å². The molecule has 0 fully saturated rings. The zero-order chi connectivity index (χ0) is 19.4. The van der Waals surface area contributed by atoms with Gasteiger partial charge in [0.15, 0.2) is 3.95 Å². The van der Waals surface area contributed by atoms with Gasteiger partial charge < -0.3 is 14.9 Å². The van der Waals surface area contributed by atoms with Gasteiger partial charge >= 0.3 is 5.97 Å². The van der Waals surface area contributed by atoms with Gasteiger partial charge in [-0.3, -0.25) is 14.4 Å². The molecule has 27 heavy (non-hydrogen) atoms. The fourth-order valence-electron chi connectivity index (χ4n) is 2.88. The van der Waals surface area contributed by atoms with Crippen LogP contribution in [0.1, 0.15) is 36.1 Å². The molecule has 0 bridgehead atoms. The largest absolute Gasteiger partial charge is 0.497 e. The number of carbonyl (C=O) groups is 1. The summed E-state index contributed by atoms with van der Waals surface area (Å²) in [6.45, 7) is 0.575. The van der Waals surface area contributed by atoms with Crippen LogP contribution in [-0.4, -0.2) is 34.1 Å². The number of nitrogens with zero attached hydrogens (tertiary/aromatic N) is 2. The second kappa shape index (κ2) is 8.49. The van der Waals surface area contributed by atoms with Crippen LogP contribution in [0, 0.1) is 3.95 Å². The number of thiazole rings is 1. The molecular weight excluding hydrogens is 384 g/mol. The highest BCUT2D eigenvalue weighted by Crippen LogP contribution is 2.37. The van der Waals surface area contributed by atoms with Gasteiger partial charge in [0.2, 0.25) is 5.88 Å². The lowest BCUT2D eigenvalue weighted by Crippen LogP contribution is -1.99. The molecule has 0 amide bonds. The Morgan fingerprint density at radius 2 is 2.19 bits per heavy atom. The number of carboxylic acids is 1. The van der Waals surface area contributed by atoms with E-state index in [1.54, 1.807) is 17.9 Å². The highest BCUT2D eigenvalue weighted by molar-refractivity contribution is 7.73. The topological polar surface area (TPSA) is 84.1 Å². The number of rotatable bonds is 8. The molecule has 2 N–H and O–H groups in total. The fraction of sp³-hybridized carbons (Fsp3) is 0.316. The van der Waals surface area contributed by atoms with Gasteiger partial charge in [0.05, 0.1) is 17.7 Å². The van der Waals surface area contributed by atoms with Crippen LogP contribution >= 0.6 is 23.6 Å². The van der Waals surface area contributed by atoms with Crippen LogP contribution in [0.15, 0.2) is 23.2 Å². The maximum Gasteiger partial charge on any atom is 0.303 e. The Labute approximate surface area is 166 Å². The Bertz CT molecular complexity index is 973. The van der Waals surface area contributed by atoms with Gasteiger partial charge in [-0.25, -0.2) is 0 Å². The van der Waals surface area contributed by atoms with Crippen molar-refractivity contribution in [2.24, 2.45) is 4.99 Å². The Hall–Kier alpha value is -2.45. The van der Waals surface area contributed by atoms with Gasteiger partial charge in [-0.05, 0) is 43.3 Å². The van der Waals surface area contributed by atoms with Crippen molar-refractivity contribution in [1.29, 1.82) is 0 Å². The fourth-order valence-corrected chi connectivity index (χ4v) is 4.19. The van der Waals surface area contributed by atoms with E-state index in [-0.39, 0.29) is 12.3 Å². The summed E-state index contributed by atoms with van der Waals surface area (Å²) in [6, 6.07) is 5.70. The lowest BCUT2D eigenvalue weighted by molar-refractivity contribution is -0.137. The molecular formula is C19H20N2O4S2. The molecule has 1 aromatic heterocycles. The van der Waals surface area contributed by atoms with Crippen molar-refractivity contribution in [1.82, 2.24) is 4.57 Å². The summed E-state index contributed by atoms with van der Waals surface area (Å²) in [5.41, 5.74) is 2.73. The van der Waals surface area contributed by atoms with E-state index in [4.69, 9.17) is 22.1 Å². The van der Waals surface area contributed by atoms with Gasteiger partial charge in [-0.15, -0.1) is 11.3 Å². The predicted octanol–water partition coefficient (Wildman–Crippen LogP) is 4.89. The van der Waals surface area contributed by atoms with Crippen LogP contribution in [0.25, 0.3) is 11.6 Å². The van der Waals surface area contributed by atoms with Crippen molar-refractivity contribution < 1.29 is 19.7 Å². The smallest absolute Gasteiger partial charge is 0.303 e. The first-order valence-corrected chi connectivity index (χ1v) is 9.80. The molecule has 2 aromatic rings. The average Bonchev–Trinajstić information content (AvgIpc) is 3.16. The Kier molecular flexibility index (Phi) is 6.08. The first-order chi connectivity index (χ1) is 13.0. The first-order valence-electron chi connectivity index (χ1n) is 8.58. The molecule has 2 heterocycles. The minimum absolute atomic E-state index is 0.145. The third-order valence-electron chi connectivity index (χ3n) is 4.31. The summed E-state index contributed by atoms with van der Waals surface area (Å²) in [4.78, 5) is 15.6. The lowest BCUT2D eigenvalue weighted by atomic mass is 10.1. The van der Waals surface area contributed by atoms with E-state index < -0.39 is 5.97 Å². The third-order valence-corrected chi connectivity index (χ3v) is 5.70. The van der Waals surface area contributed by atoms with E-state index in [9.17, 15) is 9.90 Å². The molecule has 1 aliphatic heterocycles. The molecule has 6 nitrogen and oxygen atoms in total. The molecule has 3 rings (SSSR count). The number of methoxy groups -OCH3 is 1. The minimum Gasteiger partial charge on any atom is -0.497 e. The molecule has 8 heteroatoms. The average molecular weight is 405 g/mol. The number of allylic oxidation sites excluding steroid dienone is 1. The number of aromatic nitrogens is 1. The zero-order valence-electron chi connectivity index (χ0n) is 14.8. The summed E-state index contributed by atoms with van der Waals surface area (Å²) < 4.78 is 7.52. The summed E-state index contributed by atoms with van der Waals surface area (Å²) in [7, 11) is 1.62. The normalized spacial score (nSPS) is 13.9. The Morgan fingerprint density at radius 3 is 2.93 bits per heavy atom. The van der Waals surface area contributed by atoms with E-state index in [2.05, 4.69) is 4.99 Å². The second-order valence-corrected chi connectivity index (χ2v) is 7.83. The number of fused-ring (bicyclic) bond motifs is 1. The maximum absolute atomic E-state index is 10.5. The molecule has 0 spiro atoms. The number of hydrogen-bond donors (Lipinski definition) is 2. The van der Waals surface area contributed by atoms with Crippen molar-refractivity contribution in [3.8, 4) is 11.6 Å². The minimum atomic E-state index is -0.782. The number of unbranched alkanes of at least 4 members (excludes halogenated alkanes) is 2. The van der Waals surface area contributed by atoms with Crippen LogP contribution in [-0.2, 0) is 11.3 Å². The van der Waals surface area contributed by atoms with Crippen LogP contribution in [0.3, 0.4) is 0 Å². The number of aliphatic carboxylic acids is 1. The highest BCUT2D eigenvalue weighted by Gasteiger charge is 2.16. The summed E-state index contributed by atoms with van der Waals surface area (Å²) >= 11 is 6.73. The van der Waals surface area contributed by atoms with E-state index >= 15 is 0 Å². The number of aromatic hydroxyl groups is 1. The lowest BCUT2D eigenvalue weighted by Gasteiger charge is -2.05. The summed E-state index contributed by atoms with van der Waals surface area (Å²) in [5, 5.41) is 19.2. The third kappa shape index (κ3) is 4.45. The van der Waals surface area contributed by atoms with E-state index in [1.807, 2.05) is 24.3 Å². The quantitative estimate of drug-likeness (QED) is 0.483. The highest BCUT2D eigenvalue weighted by atomic mass is 32.1.